The Hall–Kier alpha value is -0.680. The fraction of sp³-hybridized carbons (Fsp3) is 0.769. The van der Waals surface area contributed by atoms with Crippen LogP contribution in [0.3, 0.4) is 0 Å². The second kappa shape index (κ2) is 5.53. The van der Waals surface area contributed by atoms with E-state index in [4.69, 9.17) is 0 Å². The molecule has 102 valence electrons. The lowest BCUT2D eigenvalue weighted by Gasteiger charge is -2.22. The Morgan fingerprint density at radius 2 is 2.11 bits per heavy atom. The lowest BCUT2D eigenvalue weighted by molar-refractivity contribution is 0.355. The van der Waals surface area contributed by atoms with Gasteiger partial charge in [0.25, 0.3) is 0 Å². The van der Waals surface area contributed by atoms with Crippen molar-refractivity contribution in [2.75, 3.05) is 11.5 Å². The Morgan fingerprint density at radius 3 is 2.67 bits per heavy atom. The topological polar surface area (TPSA) is 46.9 Å². The summed E-state index contributed by atoms with van der Waals surface area (Å²) in [6.07, 6.45) is 6.09. The number of nitrogens with one attached hydrogen (secondary N) is 1. The lowest BCUT2D eigenvalue weighted by atomic mass is 10.1. The molecular formula is C13H23N3OS. The largest absolute Gasteiger partial charge is 0.310 e. The molecule has 2 heterocycles. The van der Waals surface area contributed by atoms with Crippen LogP contribution in [-0.4, -0.2) is 31.5 Å². The van der Waals surface area contributed by atoms with Gasteiger partial charge in [-0.15, -0.1) is 0 Å². The highest BCUT2D eigenvalue weighted by atomic mass is 32.2. The first-order valence-electron chi connectivity index (χ1n) is 6.57. The van der Waals surface area contributed by atoms with Crippen LogP contribution in [-0.2, 0) is 22.9 Å². The van der Waals surface area contributed by atoms with E-state index in [0.717, 1.165) is 30.9 Å². The van der Waals surface area contributed by atoms with E-state index in [1.807, 2.05) is 10.9 Å². The molecule has 0 aromatic carbocycles. The maximum absolute atomic E-state index is 11.3. The molecule has 1 fully saturated rings. The van der Waals surface area contributed by atoms with E-state index in [0.29, 0.717) is 6.04 Å². The summed E-state index contributed by atoms with van der Waals surface area (Å²) in [4.78, 5) is 0. The van der Waals surface area contributed by atoms with Crippen molar-refractivity contribution in [1.29, 1.82) is 0 Å². The summed E-state index contributed by atoms with van der Waals surface area (Å²) in [6, 6.07) is 0.515. The first-order valence-corrected chi connectivity index (χ1v) is 8.06. The monoisotopic (exact) mass is 269 g/mol. The third-order valence-electron chi connectivity index (χ3n) is 3.31. The summed E-state index contributed by atoms with van der Waals surface area (Å²) < 4.78 is 13.3. The molecule has 5 heteroatoms. The number of nitrogens with zero attached hydrogens (tertiary/aromatic N) is 2. The molecule has 1 aromatic heterocycles. The standard InChI is InChI=1S/C13H23N3OS/c1-13(2,3)16-10-11(9-15-16)8-14-12-4-6-18(17)7-5-12/h9-10,12,14H,4-8H2,1-3H3. The van der Waals surface area contributed by atoms with Crippen LogP contribution in [0.25, 0.3) is 0 Å². The normalized spacial score (nSPS) is 25.3. The van der Waals surface area contributed by atoms with E-state index in [9.17, 15) is 4.21 Å². The average Bonchev–Trinajstić information content (AvgIpc) is 2.77. The van der Waals surface area contributed by atoms with Crippen molar-refractivity contribution < 1.29 is 4.21 Å². The van der Waals surface area contributed by atoms with Crippen LogP contribution < -0.4 is 5.32 Å². The summed E-state index contributed by atoms with van der Waals surface area (Å²) in [5, 5.41) is 7.93. The van der Waals surface area contributed by atoms with Gasteiger partial charge in [-0.05, 0) is 33.6 Å². The van der Waals surface area contributed by atoms with Crippen molar-refractivity contribution in [3.05, 3.63) is 18.0 Å². The Kier molecular flexibility index (Phi) is 4.22. The fourth-order valence-corrected chi connectivity index (χ4v) is 3.38. The van der Waals surface area contributed by atoms with Crippen LogP contribution in [0.1, 0.15) is 39.2 Å². The van der Waals surface area contributed by atoms with Crippen molar-refractivity contribution >= 4 is 10.8 Å². The van der Waals surface area contributed by atoms with Crippen LogP contribution in [0.2, 0.25) is 0 Å². The zero-order valence-electron chi connectivity index (χ0n) is 11.5. The smallest absolute Gasteiger partial charge is 0.0543 e. The van der Waals surface area contributed by atoms with E-state index in [-0.39, 0.29) is 5.54 Å². The van der Waals surface area contributed by atoms with Crippen LogP contribution in [0.4, 0.5) is 0 Å². The number of aromatic nitrogens is 2. The minimum Gasteiger partial charge on any atom is -0.310 e. The highest BCUT2D eigenvalue weighted by Gasteiger charge is 2.18. The predicted octanol–water partition coefficient (Wildman–Crippen LogP) is 1.64. The van der Waals surface area contributed by atoms with E-state index in [1.54, 1.807) is 0 Å². The van der Waals surface area contributed by atoms with Gasteiger partial charge in [0, 0.05) is 46.7 Å². The van der Waals surface area contributed by atoms with Gasteiger partial charge in [0.2, 0.25) is 0 Å². The fourth-order valence-electron chi connectivity index (χ4n) is 2.08. The minimum atomic E-state index is -0.573. The van der Waals surface area contributed by atoms with Crippen LogP contribution in [0.5, 0.6) is 0 Å². The van der Waals surface area contributed by atoms with Gasteiger partial charge < -0.3 is 5.32 Å². The molecule has 1 N–H and O–H groups in total. The molecule has 1 aliphatic rings. The minimum absolute atomic E-state index is 0.0417. The van der Waals surface area contributed by atoms with Crippen molar-refractivity contribution in [2.45, 2.75) is 51.7 Å². The molecular weight excluding hydrogens is 246 g/mol. The Balaban J connectivity index is 1.83. The number of hydrogen-bond acceptors (Lipinski definition) is 3. The van der Waals surface area contributed by atoms with Gasteiger partial charge >= 0.3 is 0 Å². The second-order valence-electron chi connectivity index (χ2n) is 5.97. The van der Waals surface area contributed by atoms with Crippen LogP contribution in [0, 0.1) is 0 Å². The second-order valence-corrected chi connectivity index (χ2v) is 7.66. The highest BCUT2D eigenvalue weighted by Crippen LogP contribution is 2.14. The molecule has 0 spiro atoms. The maximum Gasteiger partial charge on any atom is 0.0543 e. The average molecular weight is 269 g/mol. The predicted molar refractivity (Wildman–Crippen MR) is 75.0 cm³/mol. The van der Waals surface area contributed by atoms with E-state index in [1.165, 1.54) is 5.56 Å². The molecule has 1 aromatic rings. The summed E-state index contributed by atoms with van der Waals surface area (Å²) in [5.74, 6) is 1.69. The molecule has 0 aliphatic carbocycles. The summed E-state index contributed by atoms with van der Waals surface area (Å²) in [7, 11) is -0.573. The third kappa shape index (κ3) is 3.65. The molecule has 0 bridgehead atoms. The van der Waals surface area contributed by atoms with Gasteiger partial charge in [0.1, 0.15) is 0 Å². The van der Waals surface area contributed by atoms with E-state index in [2.05, 4.69) is 37.4 Å². The van der Waals surface area contributed by atoms with Gasteiger partial charge in [0.15, 0.2) is 0 Å². The summed E-state index contributed by atoms with van der Waals surface area (Å²) >= 11 is 0. The van der Waals surface area contributed by atoms with Gasteiger partial charge in [-0.1, -0.05) is 0 Å². The quantitative estimate of drug-likeness (QED) is 0.907. The molecule has 1 saturated heterocycles. The zero-order valence-corrected chi connectivity index (χ0v) is 12.3. The van der Waals surface area contributed by atoms with Gasteiger partial charge in [-0.3, -0.25) is 8.89 Å². The molecule has 0 amide bonds. The van der Waals surface area contributed by atoms with Crippen LogP contribution >= 0.6 is 0 Å². The Bertz CT molecular complexity index is 412. The van der Waals surface area contributed by atoms with Gasteiger partial charge in [0.05, 0.1) is 11.7 Å². The maximum atomic E-state index is 11.3. The van der Waals surface area contributed by atoms with Gasteiger partial charge in [-0.25, -0.2) is 0 Å². The molecule has 4 nitrogen and oxygen atoms in total. The number of hydrogen-bond donors (Lipinski definition) is 1. The molecule has 18 heavy (non-hydrogen) atoms. The Morgan fingerprint density at radius 1 is 1.44 bits per heavy atom. The van der Waals surface area contributed by atoms with Gasteiger partial charge in [-0.2, -0.15) is 5.10 Å². The van der Waals surface area contributed by atoms with E-state index < -0.39 is 10.8 Å². The lowest BCUT2D eigenvalue weighted by Crippen LogP contribution is -2.35. The molecule has 0 radical (unpaired) electrons. The molecule has 0 saturated carbocycles. The first kappa shape index (κ1) is 13.7. The highest BCUT2D eigenvalue weighted by molar-refractivity contribution is 7.85. The Labute approximate surface area is 112 Å². The number of rotatable bonds is 3. The van der Waals surface area contributed by atoms with Crippen LogP contribution in [0.15, 0.2) is 12.4 Å². The molecule has 2 rings (SSSR count). The zero-order chi connectivity index (χ0) is 13.2. The molecule has 0 unspecified atom stereocenters. The van der Waals surface area contributed by atoms with Crippen molar-refractivity contribution in [1.82, 2.24) is 15.1 Å². The molecule has 0 atom stereocenters. The van der Waals surface area contributed by atoms with E-state index >= 15 is 0 Å². The third-order valence-corrected chi connectivity index (χ3v) is 4.69. The summed E-state index contributed by atoms with van der Waals surface area (Å²) in [6.45, 7) is 7.29. The SMILES string of the molecule is CC(C)(C)n1cc(CNC2CCS(=O)CC2)cn1. The molecule has 1 aliphatic heterocycles. The van der Waals surface area contributed by atoms with Crippen molar-refractivity contribution in [3.63, 3.8) is 0 Å². The first-order chi connectivity index (χ1) is 8.45. The van der Waals surface area contributed by atoms with Crippen molar-refractivity contribution in [2.24, 2.45) is 0 Å². The van der Waals surface area contributed by atoms with Crippen molar-refractivity contribution in [3.8, 4) is 0 Å². The summed E-state index contributed by atoms with van der Waals surface area (Å²) in [5.41, 5.74) is 1.26.